The lowest BCUT2D eigenvalue weighted by Crippen LogP contribution is -2.60. The molecule has 1 N–H and O–H groups in total. The number of hydrogen-bond acceptors (Lipinski definition) is 10. The van der Waals surface area contributed by atoms with Gasteiger partial charge in [0.05, 0.1) is 30.3 Å². The van der Waals surface area contributed by atoms with E-state index in [0.29, 0.717) is 0 Å². The van der Waals surface area contributed by atoms with E-state index in [9.17, 15) is 14.7 Å². The van der Waals surface area contributed by atoms with Gasteiger partial charge in [-0.2, -0.15) is 0 Å². The first-order valence-electron chi connectivity index (χ1n) is 10.6. The van der Waals surface area contributed by atoms with E-state index < -0.39 is 60.8 Å². The van der Waals surface area contributed by atoms with Gasteiger partial charge >= 0.3 is 11.9 Å². The molecule has 2 aliphatic rings. The van der Waals surface area contributed by atoms with Crippen LogP contribution < -0.4 is 0 Å². The SMILES string of the molecule is CC(=O)OCC1O[C@H](O[C@@H]2C(N=[N+]=[N-])C[C@@H](N=[N+]=[N-])C(OC(C)=O)[C@H]2O)C(N=[N+]=[N-])[C@@H](C)[C@@H]1C. The Bertz CT molecular complexity index is 900. The molecule has 0 aromatic carbocycles. The minimum absolute atomic E-state index is 0.0777. The van der Waals surface area contributed by atoms with E-state index >= 15 is 0 Å². The van der Waals surface area contributed by atoms with Gasteiger partial charge in [0.25, 0.3) is 0 Å². The van der Waals surface area contributed by atoms with Crippen molar-refractivity contribution < 1.29 is 33.6 Å². The van der Waals surface area contributed by atoms with Crippen molar-refractivity contribution in [2.24, 2.45) is 27.2 Å². The molecule has 16 heteroatoms. The Morgan fingerprint density at radius 2 is 1.56 bits per heavy atom. The second kappa shape index (κ2) is 12.3. The van der Waals surface area contributed by atoms with Crippen molar-refractivity contribution in [1.29, 1.82) is 0 Å². The third-order valence-electron chi connectivity index (χ3n) is 6.09. The molecule has 0 spiro atoms. The molecule has 186 valence electrons. The highest BCUT2D eigenvalue weighted by atomic mass is 16.7. The zero-order valence-electron chi connectivity index (χ0n) is 19.1. The van der Waals surface area contributed by atoms with Gasteiger partial charge in [0.15, 0.2) is 6.29 Å². The number of hydrogen-bond donors (Lipinski definition) is 1. The van der Waals surface area contributed by atoms with Crippen LogP contribution in [0.4, 0.5) is 0 Å². The smallest absolute Gasteiger partial charge is 0.303 e. The van der Waals surface area contributed by atoms with Gasteiger partial charge in [-0.05, 0) is 34.9 Å². The fourth-order valence-electron chi connectivity index (χ4n) is 4.18. The third-order valence-corrected chi connectivity index (χ3v) is 6.09. The summed E-state index contributed by atoms with van der Waals surface area (Å²) < 4.78 is 22.2. The van der Waals surface area contributed by atoms with Gasteiger partial charge in [-0.3, -0.25) is 9.59 Å². The minimum atomic E-state index is -1.57. The lowest BCUT2D eigenvalue weighted by Gasteiger charge is -2.47. The molecule has 10 atom stereocenters. The number of nitrogens with zero attached hydrogens (tertiary/aromatic N) is 9. The van der Waals surface area contributed by atoms with Crippen molar-refractivity contribution in [3.8, 4) is 0 Å². The number of ether oxygens (including phenoxy) is 4. The summed E-state index contributed by atoms with van der Waals surface area (Å²) in [7, 11) is 0. The fourth-order valence-corrected chi connectivity index (χ4v) is 4.18. The quantitative estimate of drug-likeness (QED) is 0.235. The summed E-state index contributed by atoms with van der Waals surface area (Å²) in [6.45, 7) is 5.96. The summed E-state index contributed by atoms with van der Waals surface area (Å²) in [5.74, 6) is -1.71. The molecule has 1 aliphatic heterocycles. The normalized spacial score (nSPS) is 37.2. The topological polar surface area (TPSA) is 238 Å². The number of carbonyl (C=O) groups is 2. The van der Waals surface area contributed by atoms with Crippen molar-refractivity contribution in [2.75, 3.05) is 6.61 Å². The molecule has 0 amide bonds. The minimum Gasteiger partial charge on any atom is -0.463 e. The van der Waals surface area contributed by atoms with Crippen LogP contribution >= 0.6 is 0 Å². The molecule has 4 unspecified atom stereocenters. The van der Waals surface area contributed by atoms with Gasteiger partial charge in [-0.15, -0.1) is 0 Å². The van der Waals surface area contributed by atoms with E-state index in [4.69, 9.17) is 35.5 Å². The largest absolute Gasteiger partial charge is 0.463 e. The Hall–Kier alpha value is -3.25. The first kappa shape index (κ1) is 27.0. The zero-order valence-corrected chi connectivity index (χ0v) is 19.1. The molecule has 1 saturated carbocycles. The van der Waals surface area contributed by atoms with Gasteiger partial charge in [0.1, 0.15) is 18.8 Å². The number of carbonyl (C=O) groups excluding carboxylic acids is 2. The van der Waals surface area contributed by atoms with Crippen molar-refractivity contribution >= 4 is 11.9 Å². The average molecular weight is 481 g/mol. The summed E-state index contributed by atoms with van der Waals surface area (Å²) in [5.41, 5.74) is 27.0. The van der Waals surface area contributed by atoms with Gasteiger partial charge in [-0.1, -0.05) is 29.2 Å². The Kier molecular flexibility index (Phi) is 9.75. The highest BCUT2D eigenvalue weighted by Crippen LogP contribution is 2.37. The van der Waals surface area contributed by atoms with E-state index in [-0.39, 0.29) is 24.9 Å². The van der Waals surface area contributed by atoms with Crippen LogP contribution in [0.5, 0.6) is 0 Å². The van der Waals surface area contributed by atoms with Crippen molar-refractivity contribution in [1.82, 2.24) is 0 Å². The molecule has 2 rings (SSSR count). The maximum Gasteiger partial charge on any atom is 0.303 e. The Morgan fingerprint density at radius 1 is 0.971 bits per heavy atom. The summed E-state index contributed by atoms with van der Waals surface area (Å²) in [6, 6.07) is -2.89. The average Bonchev–Trinajstić information content (AvgIpc) is 2.77. The van der Waals surface area contributed by atoms with Crippen LogP contribution in [0.3, 0.4) is 0 Å². The molecular weight excluding hydrogens is 454 g/mol. The molecule has 34 heavy (non-hydrogen) atoms. The number of azide groups is 3. The molecule has 0 aromatic heterocycles. The Labute approximate surface area is 194 Å². The van der Waals surface area contributed by atoms with Gasteiger partial charge < -0.3 is 24.1 Å². The first-order chi connectivity index (χ1) is 16.1. The summed E-state index contributed by atoms with van der Waals surface area (Å²) in [4.78, 5) is 31.2. The standard InChI is InChI=1S/C18H27N9O7/c1-7-8(2)14(24-27-21)18(33-13(7)6-31-9(3)28)34-17-12(23-26-20)5-11(22-25-19)16(15(17)30)32-10(4)29/h7-8,11-18,30H,5-6H2,1-4H3/t7-,8-,11+,12?,13?,14?,15+,16?,17+,18+/m0/s1. The van der Waals surface area contributed by atoms with E-state index in [0.717, 1.165) is 6.92 Å². The maximum atomic E-state index is 11.6. The summed E-state index contributed by atoms with van der Waals surface area (Å²) in [6.07, 6.45) is -6.03. The second-order valence-corrected chi connectivity index (χ2v) is 8.20. The van der Waals surface area contributed by atoms with Gasteiger partial charge in [-0.25, -0.2) is 0 Å². The molecule has 1 saturated heterocycles. The first-order valence-corrected chi connectivity index (χ1v) is 10.6. The van der Waals surface area contributed by atoms with Crippen LogP contribution in [0.2, 0.25) is 0 Å². The molecule has 16 nitrogen and oxygen atoms in total. The molecule has 0 radical (unpaired) electrons. The molecular formula is C18H27N9O7. The van der Waals surface area contributed by atoms with E-state index in [1.54, 1.807) is 0 Å². The maximum absolute atomic E-state index is 11.6. The van der Waals surface area contributed by atoms with Crippen LogP contribution in [-0.4, -0.2) is 72.5 Å². The highest BCUT2D eigenvalue weighted by molar-refractivity contribution is 5.66. The lowest BCUT2D eigenvalue weighted by atomic mass is 9.81. The van der Waals surface area contributed by atoms with Crippen LogP contribution in [0.1, 0.15) is 34.1 Å². The molecule has 1 aliphatic carbocycles. The molecule has 1 heterocycles. The van der Waals surface area contributed by atoms with Gasteiger partial charge in [0.2, 0.25) is 0 Å². The summed E-state index contributed by atoms with van der Waals surface area (Å²) in [5, 5.41) is 22.0. The zero-order chi connectivity index (χ0) is 25.4. The van der Waals surface area contributed by atoms with E-state index in [1.165, 1.54) is 6.92 Å². The Morgan fingerprint density at radius 3 is 2.09 bits per heavy atom. The monoisotopic (exact) mass is 481 g/mol. The van der Waals surface area contributed by atoms with Crippen molar-refractivity contribution in [2.45, 2.75) is 82.9 Å². The Balaban J connectivity index is 2.38. The molecule has 2 fully saturated rings. The van der Waals surface area contributed by atoms with Crippen molar-refractivity contribution in [3.63, 3.8) is 0 Å². The van der Waals surface area contributed by atoms with Crippen LogP contribution in [0.25, 0.3) is 31.3 Å². The van der Waals surface area contributed by atoms with E-state index in [1.807, 2.05) is 13.8 Å². The predicted molar refractivity (Wildman–Crippen MR) is 113 cm³/mol. The summed E-state index contributed by atoms with van der Waals surface area (Å²) >= 11 is 0. The van der Waals surface area contributed by atoms with Crippen LogP contribution in [0, 0.1) is 11.8 Å². The second-order valence-electron chi connectivity index (χ2n) is 8.20. The number of esters is 2. The number of rotatable bonds is 8. The third kappa shape index (κ3) is 6.41. The molecule has 0 aromatic rings. The van der Waals surface area contributed by atoms with Crippen molar-refractivity contribution in [3.05, 3.63) is 31.3 Å². The lowest BCUT2D eigenvalue weighted by molar-refractivity contribution is -0.276. The predicted octanol–water partition coefficient (Wildman–Crippen LogP) is 2.66. The van der Waals surface area contributed by atoms with Crippen LogP contribution in [0.15, 0.2) is 15.3 Å². The highest BCUT2D eigenvalue weighted by Gasteiger charge is 2.50. The van der Waals surface area contributed by atoms with Gasteiger partial charge in [0, 0.05) is 28.6 Å². The van der Waals surface area contributed by atoms with Crippen LogP contribution in [-0.2, 0) is 28.5 Å². The number of aliphatic hydroxyl groups is 1. The number of aliphatic hydroxyl groups excluding tert-OH is 1. The fraction of sp³-hybridized carbons (Fsp3) is 0.889. The van der Waals surface area contributed by atoms with E-state index in [2.05, 4.69) is 30.1 Å². The molecule has 0 bridgehead atoms.